The number of fused-ring (bicyclic) bond motifs is 6. The molecule has 49 heavy (non-hydrogen) atoms. The molecule has 0 saturated carbocycles. The van der Waals surface area contributed by atoms with Gasteiger partial charge in [0.2, 0.25) is 0 Å². The van der Waals surface area contributed by atoms with Crippen LogP contribution in [-0.2, 0) is 0 Å². The summed E-state index contributed by atoms with van der Waals surface area (Å²) in [5.41, 5.74) is 12.2. The fourth-order valence-electron chi connectivity index (χ4n) is 8.09. The average Bonchev–Trinajstić information content (AvgIpc) is 3.92. The van der Waals surface area contributed by atoms with Crippen LogP contribution in [0.5, 0.6) is 0 Å². The zero-order valence-electron chi connectivity index (χ0n) is 27.2. The second-order valence-electron chi connectivity index (χ2n) is 13.1. The standard InChI is InChI=1S/C45H34N4/c1-31-30-47(35-14-6-3-7-15-35)45-43(31)40-17-9-11-19-42(40)49(45)37-26-22-33(23-27-37)32-20-24-36(25-21-32)48-41-18-10-8-16-38(41)39-28-29-46(44(39)48)34-12-4-2-5-13-34/h2-29,31H,30H2,1H3. The van der Waals surface area contributed by atoms with Crippen molar-refractivity contribution in [2.45, 2.75) is 12.8 Å². The van der Waals surface area contributed by atoms with Gasteiger partial charge in [-0.15, -0.1) is 0 Å². The van der Waals surface area contributed by atoms with Crippen molar-refractivity contribution < 1.29 is 0 Å². The van der Waals surface area contributed by atoms with Crippen molar-refractivity contribution in [3.63, 3.8) is 0 Å². The van der Waals surface area contributed by atoms with Crippen LogP contribution < -0.4 is 4.90 Å². The number of nitrogens with zero attached hydrogens (tertiary/aromatic N) is 4. The fraction of sp³-hybridized carbons (Fsp3) is 0.0667. The quantitative estimate of drug-likeness (QED) is 0.185. The Morgan fingerprint density at radius 2 is 0.980 bits per heavy atom. The molecule has 6 aromatic carbocycles. The molecule has 1 unspecified atom stereocenters. The summed E-state index contributed by atoms with van der Waals surface area (Å²) in [6, 6.07) is 59.3. The third-order valence-corrected chi connectivity index (χ3v) is 10.3. The van der Waals surface area contributed by atoms with E-state index in [1.807, 2.05) is 0 Å². The van der Waals surface area contributed by atoms with Crippen molar-refractivity contribution in [3.8, 4) is 28.2 Å². The number of hydrogen-bond donors (Lipinski definition) is 0. The number of hydrogen-bond acceptors (Lipinski definition) is 1. The summed E-state index contributed by atoms with van der Waals surface area (Å²) in [4.78, 5) is 2.49. The third-order valence-electron chi connectivity index (χ3n) is 10.3. The lowest BCUT2D eigenvalue weighted by Gasteiger charge is -2.23. The van der Waals surface area contributed by atoms with E-state index in [0.717, 1.165) is 17.9 Å². The van der Waals surface area contributed by atoms with Gasteiger partial charge in [-0.25, -0.2) is 0 Å². The highest BCUT2D eigenvalue weighted by molar-refractivity contribution is 6.09. The summed E-state index contributed by atoms with van der Waals surface area (Å²) < 4.78 is 7.14. The molecular formula is C45H34N4. The minimum Gasteiger partial charge on any atom is -0.327 e. The van der Waals surface area contributed by atoms with Gasteiger partial charge >= 0.3 is 0 Å². The van der Waals surface area contributed by atoms with Crippen LogP contribution in [-0.4, -0.2) is 20.2 Å². The zero-order valence-corrected chi connectivity index (χ0v) is 27.2. The highest BCUT2D eigenvalue weighted by Crippen LogP contribution is 2.48. The second kappa shape index (κ2) is 10.9. The summed E-state index contributed by atoms with van der Waals surface area (Å²) in [6.07, 6.45) is 2.18. The Labute approximate surface area is 285 Å². The molecule has 234 valence electrons. The predicted molar refractivity (Wildman–Crippen MR) is 204 cm³/mol. The largest absolute Gasteiger partial charge is 0.327 e. The van der Waals surface area contributed by atoms with Gasteiger partial charge in [-0.3, -0.25) is 9.13 Å². The van der Waals surface area contributed by atoms with Crippen LogP contribution in [0.25, 0.3) is 61.0 Å². The van der Waals surface area contributed by atoms with E-state index in [0.29, 0.717) is 5.92 Å². The lowest BCUT2D eigenvalue weighted by atomic mass is 10.0. The van der Waals surface area contributed by atoms with E-state index < -0.39 is 0 Å². The number of rotatable bonds is 5. The van der Waals surface area contributed by atoms with Crippen LogP contribution in [0.3, 0.4) is 0 Å². The molecule has 0 aliphatic carbocycles. The van der Waals surface area contributed by atoms with Gasteiger partial charge in [-0.1, -0.05) is 104 Å². The second-order valence-corrected chi connectivity index (χ2v) is 13.1. The number of aromatic nitrogens is 3. The first-order valence-corrected chi connectivity index (χ1v) is 17.1. The lowest BCUT2D eigenvalue weighted by molar-refractivity contribution is 0.814. The molecule has 4 heteroatoms. The molecule has 0 fully saturated rings. The zero-order chi connectivity index (χ0) is 32.5. The summed E-state index contributed by atoms with van der Waals surface area (Å²) in [5, 5.41) is 3.85. The Kier molecular flexibility index (Phi) is 6.18. The Bertz CT molecular complexity index is 2620. The fourth-order valence-corrected chi connectivity index (χ4v) is 8.09. The number of anilines is 2. The van der Waals surface area contributed by atoms with Crippen molar-refractivity contribution in [1.29, 1.82) is 0 Å². The van der Waals surface area contributed by atoms with E-state index in [1.165, 1.54) is 66.7 Å². The molecule has 0 saturated heterocycles. The van der Waals surface area contributed by atoms with Crippen LogP contribution in [0.1, 0.15) is 18.4 Å². The van der Waals surface area contributed by atoms with E-state index in [-0.39, 0.29) is 0 Å². The van der Waals surface area contributed by atoms with Gasteiger partial charge in [0.25, 0.3) is 0 Å². The first kappa shape index (κ1) is 27.8. The molecule has 4 heterocycles. The molecular weight excluding hydrogens is 597 g/mol. The SMILES string of the molecule is CC1CN(c2ccccc2)c2c1c1ccccc1n2-c1ccc(-c2ccc(-n3c4ccccc4c4ccn(-c5ccccc5)c43)cc2)cc1. The molecule has 3 aromatic heterocycles. The van der Waals surface area contributed by atoms with Gasteiger partial charge in [0, 0.05) is 63.1 Å². The van der Waals surface area contributed by atoms with Crippen molar-refractivity contribution in [1.82, 2.24) is 13.7 Å². The molecule has 0 radical (unpaired) electrons. The Hall–Kier alpha value is -6.26. The molecule has 0 spiro atoms. The highest BCUT2D eigenvalue weighted by atomic mass is 15.3. The van der Waals surface area contributed by atoms with E-state index in [2.05, 4.69) is 196 Å². The highest BCUT2D eigenvalue weighted by Gasteiger charge is 2.34. The summed E-state index contributed by atoms with van der Waals surface area (Å²) in [6.45, 7) is 3.33. The Balaban J connectivity index is 1.05. The van der Waals surface area contributed by atoms with Crippen LogP contribution >= 0.6 is 0 Å². The minimum absolute atomic E-state index is 0.438. The Morgan fingerprint density at radius 1 is 0.449 bits per heavy atom. The van der Waals surface area contributed by atoms with Crippen molar-refractivity contribution >= 4 is 44.3 Å². The number of para-hydroxylation sites is 4. The summed E-state index contributed by atoms with van der Waals surface area (Å²) in [7, 11) is 0. The Morgan fingerprint density at radius 3 is 1.63 bits per heavy atom. The minimum atomic E-state index is 0.438. The normalized spacial score (nSPS) is 14.3. The first-order valence-electron chi connectivity index (χ1n) is 17.1. The molecule has 9 aromatic rings. The van der Waals surface area contributed by atoms with Crippen LogP contribution in [0.4, 0.5) is 11.5 Å². The average molecular weight is 631 g/mol. The molecule has 0 N–H and O–H groups in total. The van der Waals surface area contributed by atoms with Gasteiger partial charge in [0.1, 0.15) is 11.5 Å². The molecule has 1 aliphatic heterocycles. The monoisotopic (exact) mass is 630 g/mol. The molecule has 0 bridgehead atoms. The smallest absolute Gasteiger partial charge is 0.130 e. The van der Waals surface area contributed by atoms with Crippen LogP contribution in [0, 0.1) is 0 Å². The van der Waals surface area contributed by atoms with Crippen LogP contribution in [0.2, 0.25) is 0 Å². The maximum atomic E-state index is 2.49. The number of benzene rings is 6. The molecule has 4 nitrogen and oxygen atoms in total. The van der Waals surface area contributed by atoms with Crippen LogP contribution in [0.15, 0.2) is 170 Å². The maximum absolute atomic E-state index is 2.49. The van der Waals surface area contributed by atoms with Crippen molar-refractivity contribution in [2.24, 2.45) is 0 Å². The topological polar surface area (TPSA) is 18.0 Å². The first-order chi connectivity index (χ1) is 24.2. The third kappa shape index (κ3) is 4.24. The van der Waals surface area contributed by atoms with E-state index in [9.17, 15) is 0 Å². The predicted octanol–water partition coefficient (Wildman–Crippen LogP) is 11.4. The van der Waals surface area contributed by atoms with Gasteiger partial charge < -0.3 is 9.47 Å². The molecule has 10 rings (SSSR count). The van der Waals surface area contributed by atoms with Crippen molar-refractivity contribution in [2.75, 3.05) is 11.4 Å². The molecule has 0 amide bonds. The lowest BCUT2D eigenvalue weighted by Crippen LogP contribution is -2.18. The van der Waals surface area contributed by atoms with Gasteiger partial charge in [-0.2, -0.15) is 0 Å². The van der Waals surface area contributed by atoms with Gasteiger partial charge in [-0.05, 0) is 77.9 Å². The molecule has 1 aliphatic rings. The van der Waals surface area contributed by atoms with E-state index in [4.69, 9.17) is 0 Å². The summed E-state index contributed by atoms with van der Waals surface area (Å²) >= 11 is 0. The van der Waals surface area contributed by atoms with E-state index in [1.54, 1.807) is 0 Å². The van der Waals surface area contributed by atoms with Gasteiger partial charge in [0.05, 0.1) is 11.0 Å². The van der Waals surface area contributed by atoms with E-state index >= 15 is 0 Å². The van der Waals surface area contributed by atoms with Crippen molar-refractivity contribution in [3.05, 3.63) is 176 Å². The van der Waals surface area contributed by atoms with Gasteiger partial charge in [0.15, 0.2) is 0 Å². The summed E-state index contributed by atoms with van der Waals surface area (Å²) in [5.74, 6) is 1.72. The molecule has 1 atom stereocenters. The maximum Gasteiger partial charge on any atom is 0.130 e.